The van der Waals surface area contributed by atoms with E-state index in [0.717, 1.165) is 5.56 Å². The Morgan fingerprint density at radius 3 is 2.36 bits per heavy atom. The Balaban J connectivity index is 1.71. The molecule has 3 rings (SSSR count). The van der Waals surface area contributed by atoms with Gasteiger partial charge in [0.05, 0.1) is 5.02 Å². The van der Waals surface area contributed by atoms with Crippen LogP contribution < -0.4 is 10.1 Å². The normalized spacial score (nSPS) is 10.8. The number of ether oxygens (including phenoxy) is 1. The van der Waals surface area contributed by atoms with Crippen LogP contribution in [0.5, 0.6) is 5.75 Å². The summed E-state index contributed by atoms with van der Waals surface area (Å²) in [6, 6.07) is 25.8. The Hall–Kier alpha value is -3.55. The SMILES string of the molecule is N#C/C(=C\c1ccc(OCc2ccccc2)c(Cl)c1)C(=O)Nc1ccccc1. The number of anilines is 1. The van der Waals surface area contributed by atoms with E-state index < -0.39 is 5.91 Å². The van der Waals surface area contributed by atoms with Crippen LogP contribution in [0.25, 0.3) is 6.08 Å². The van der Waals surface area contributed by atoms with Gasteiger partial charge in [0.25, 0.3) is 5.91 Å². The average molecular weight is 389 g/mol. The van der Waals surface area contributed by atoms with E-state index in [-0.39, 0.29) is 5.57 Å². The fraction of sp³-hybridized carbons (Fsp3) is 0.0435. The van der Waals surface area contributed by atoms with Crippen LogP contribution in [0.4, 0.5) is 5.69 Å². The lowest BCUT2D eigenvalue weighted by atomic mass is 10.1. The van der Waals surface area contributed by atoms with Gasteiger partial charge in [-0.1, -0.05) is 66.2 Å². The van der Waals surface area contributed by atoms with Gasteiger partial charge in [-0.3, -0.25) is 4.79 Å². The van der Waals surface area contributed by atoms with Gasteiger partial charge >= 0.3 is 0 Å². The second-order valence-electron chi connectivity index (χ2n) is 5.95. The molecule has 28 heavy (non-hydrogen) atoms. The van der Waals surface area contributed by atoms with Crippen LogP contribution >= 0.6 is 11.6 Å². The lowest BCUT2D eigenvalue weighted by molar-refractivity contribution is -0.112. The van der Waals surface area contributed by atoms with Gasteiger partial charge in [0, 0.05) is 5.69 Å². The largest absolute Gasteiger partial charge is 0.487 e. The molecule has 0 bridgehead atoms. The molecule has 0 saturated carbocycles. The predicted molar refractivity (Wildman–Crippen MR) is 111 cm³/mol. The molecule has 1 N–H and O–H groups in total. The fourth-order valence-corrected chi connectivity index (χ4v) is 2.74. The van der Waals surface area contributed by atoms with Crippen LogP contribution in [0.2, 0.25) is 5.02 Å². The number of nitrogens with one attached hydrogen (secondary N) is 1. The molecule has 0 fully saturated rings. The van der Waals surface area contributed by atoms with Gasteiger partial charge in [-0.25, -0.2) is 0 Å². The first-order valence-corrected chi connectivity index (χ1v) is 8.98. The highest BCUT2D eigenvalue weighted by atomic mass is 35.5. The van der Waals surface area contributed by atoms with Crippen molar-refractivity contribution in [3.63, 3.8) is 0 Å². The van der Waals surface area contributed by atoms with Gasteiger partial charge in [0.1, 0.15) is 24.0 Å². The lowest BCUT2D eigenvalue weighted by Gasteiger charge is -2.09. The summed E-state index contributed by atoms with van der Waals surface area (Å²) in [7, 11) is 0. The van der Waals surface area contributed by atoms with Crippen LogP contribution in [0, 0.1) is 11.3 Å². The van der Waals surface area contributed by atoms with Gasteiger partial charge < -0.3 is 10.1 Å². The third-order valence-corrected chi connectivity index (χ3v) is 4.20. The first-order chi connectivity index (χ1) is 13.7. The number of carbonyl (C=O) groups excluding carboxylic acids is 1. The first-order valence-electron chi connectivity index (χ1n) is 8.60. The number of nitrogens with zero attached hydrogens (tertiary/aromatic N) is 1. The van der Waals surface area contributed by atoms with Crippen molar-refractivity contribution < 1.29 is 9.53 Å². The number of carbonyl (C=O) groups is 1. The Morgan fingerprint density at radius 2 is 1.71 bits per heavy atom. The van der Waals surface area contributed by atoms with Crippen molar-refractivity contribution in [3.05, 3.63) is 101 Å². The molecule has 0 aliphatic rings. The van der Waals surface area contributed by atoms with Gasteiger partial charge in [0.15, 0.2) is 0 Å². The third-order valence-electron chi connectivity index (χ3n) is 3.90. The third kappa shape index (κ3) is 5.23. The summed E-state index contributed by atoms with van der Waals surface area (Å²) in [6.45, 7) is 0.401. The Kier molecular flexibility index (Phi) is 6.46. The van der Waals surface area contributed by atoms with Gasteiger partial charge in [-0.2, -0.15) is 5.26 Å². The molecule has 0 unspecified atom stereocenters. The van der Waals surface area contributed by atoms with Crippen LogP contribution in [0.3, 0.4) is 0 Å². The first kappa shape index (κ1) is 19.2. The summed E-state index contributed by atoms with van der Waals surface area (Å²) >= 11 is 6.29. The summed E-state index contributed by atoms with van der Waals surface area (Å²) in [5, 5.41) is 12.4. The zero-order valence-electron chi connectivity index (χ0n) is 14.9. The zero-order chi connectivity index (χ0) is 19.8. The van der Waals surface area contributed by atoms with Crippen molar-refractivity contribution in [2.75, 3.05) is 5.32 Å². The summed E-state index contributed by atoms with van der Waals surface area (Å²) in [5.41, 5.74) is 2.28. The standard InChI is InChI=1S/C23H17ClN2O2/c24-21-14-18(11-12-22(21)28-16-17-7-3-1-4-8-17)13-19(15-25)23(27)26-20-9-5-2-6-10-20/h1-14H,16H2,(H,26,27)/b19-13+. The molecule has 1 amide bonds. The number of para-hydroxylation sites is 1. The van der Waals surface area contributed by atoms with Gasteiger partial charge in [0.2, 0.25) is 0 Å². The van der Waals surface area contributed by atoms with Gasteiger partial charge in [-0.05, 0) is 41.5 Å². The summed E-state index contributed by atoms with van der Waals surface area (Å²) in [5.74, 6) is 0.0594. The Bertz CT molecular complexity index is 1030. The molecule has 0 atom stereocenters. The minimum absolute atomic E-state index is 0.0159. The number of nitriles is 1. The highest BCUT2D eigenvalue weighted by Gasteiger charge is 2.10. The van der Waals surface area contributed by atoms with Crippen LogP contribution in [0.1, 0.15) is 11.1 Å². The summed E-state index contributed by atoms with van der Waals surface area (Å²) < 4.78 is 5.74. The van der Waals surface area contributed by atoms with Crippen LogP contribution in [-0.2, 0) is 11.4 Å². The molecule has 3 aromatic carbocycles. The monoisotopic (exact) mass is 388 g/mol. The molecule has 0 aliphatic heterocycles. The number of hydrogen-bond donors (Lipinski definition) is 1. The second kappa shape index (κ2) is 9.40. The maximum atomic E-state index is 12.3. The Morgan fingerprint density at radius 1 is 1.04 bits per heavy atom. The number of halogens is 1. The second-order valence-corrected chi connectivity index (χ2v) is 6.36. The van der Waals surface area contributed by atoms with E-state index in [1.165, 1.54) is 6.08 Å². The van der Waals surface area contributed by atoms with E-state index in [9.17, 15) is 10.1 Å². The molecular weight excluding hydrogens is 372 g/mol. The van der Waals surface area contributed by atoms with E-state index in [2.05, 4.69) is 5.32 Å². The zero-order valence-corrected chi connectivity index (χ0v) is 15.7. The average Bonchev–Trinajstić information content (AvgIpc) is 2.72. The Labute approximate surface area is 168 Å². The number of amides is 1. The highest BCUT2D eigenvalue weighted by Crippen LogP contribution is 2.27. The van der Waals surface area contributed by atoms with Crippen molar-refractivity contribution in [2.45, 2.75) is 6.61 Å². The van der Waals surface area contributed by atoms with E-state index in [1.807, 2.05) is 42.5 Å². The molecule has 0 heterocycles. The molecule has 0 aromatic heterocycles. The number of benzene rings is 3. The summed E-state index contributed by atoms with van der Waals surface area (Å²) in [4.78, 5) is 12.3. The van der Waals surface area contributed by atoms with Crippen LogP contribution in [-0.4, -0.2) is 5.91 Å². The minimum atomic E-state index is -0.478. The van der Waals surface area contributed by atoms with Crippen molar-refractivity contribution >= 4 is 29.3 Å². The maximum absolute atomic E-state index is 12.3. The van der Waals surface area contributed by atoms with Crippen molar-refractivity contribution in [1.82, 2.24) is 0 Å². The fourth-order valence-electron chi connectivity index (χ4n) is 2.49. The molecule has 0 aliphatic carbocycles. The molecule has 4 nitrogen and oxygen atoms in total. The minimum Gasteiger partial charge on any atom is -0.487 e. The van der Waals surface area contributed by atoms with E-state index in [4.69, 9.17) is 16.3 Å². The smallest absolute Gasteiger partial charge is 0.266 e. The van der Waals surface area contributed by atoms with Gasteiger partial charge in [-0.15, -0.1) is 0 Å². The lowest BCUT2D eigenvalue weighted by Crippen LogP contribution is -2.13. The maximum Gasteiger partial charge on any atom is 0.266 e. The quantitative estimate of drug-likeness (QED) is 0.450. The van der Waals surface area contributed by atoms with Crippen molar-refractivity contribution in [2.24, 2.45) is 0 Å². The van der Waals surface area contributed by atoms with Crippen molar-refractivity contribution in [1.29, 1.82) is 5.26 Å². The molecule has 138 valence electrons. The number of hydrogen-bond acceptors (Lipinski definition) is 3. The molecule has 0 radical (unpaired) electrons. The molecule has 5 heteroatoms. The summed E-state index contributed by atoms with van der Waals surface area (Å²) in [6.07, 6.45) is 1.49. The van der Waals surface area contributed by atoms with E-state index in [0.29, 0.717) is 28.6 Å². The van der Waals surface area contributed by atoms with E-state index in [1.54, 1.807) is 42.5 Å². The molecule has 3 aromatic rings. The highest BCUT2D eigenvalue weighted by molar-refractivity contribution is 6.32. The predicted octanol–water partition coefficient (Wildman–Crippen LogP) is 5.46. The molecule has 0 spiro atoms. The molecule has 0 saturated heterocycles. The molecular formula is C23H17ClN2O2. The van der Waals surface area contributed by atoms with Crippen LogP contribution in [0.15, 0.2) is 84.4 Å². The van der Waals surface area contributed by atoms with E-state index >= 15 is 0 Å². The van der Waals surface area contributed by atoms with Crippen molar-refractivity contribution in [3.8, 4) is 11.8 Å². The topological polar surface area (TPSA) is 62.1 Å². The number of rotatable bonds is 6.